The third-order valence-corrected chi connectivity index (χ3v) is 3.83. The second kappa shape index (κ2) is 5.14. The molecular formula is C15H23N5. The van der Waals surface area contributed by atoms with Crippen LogP contribution in [0, 0.1) is 13.8 Å². The van der Waals surface area contributed by atoms with E-state index in [1.165, 1.54) is 5.69 Å². The normalized spacial score (nSPS) is 24.4. The van der Waals surface area contributed by atoms with E-state index in [4.69, 9.17) is 0 Å². The molecule has 1 N–H and O–H groups in total. The van der Waals surface area contributed by atoms with Gasteiger partial charge >= 0.3 is 0 Å². The van der Waals surface area contributed by atoms with E-state index in [1.807, 2.05) is 6.92 Å². The molecule has 1 aliphatic rings. The monoisotopic (exact) mass is 273 g/mol. The van der Waals surface area contributed by atoms with Gasteiger partial charge in [0.05, 0.1) is 5.69 Å². The molecule has 0 aromatic carbocycles. The number of hydrogen-bond acceptors (Lipinski definition) is 4. The Kier molecular flexibility index (Phi) is 3.48. The van der Waals surface area contributed by atoms with E-state index in [2.05, 4.69) is 57.6 Å². The van der Waals surface area contributed by atoms with Crippen LogP contribution in [-0.4, -0.2) is 44.4 Å². The minimum atomic E-state index is 0.540. The average Bonchev–Trinajstić information content (AvgIpc) is 2.70. The van der Waals surface area contributed by atoms with Crippen molar-refractivity contribution in [1.82, 2.24) is 24.6 Å². The molecule has 0 saturated carbocycles. The van der Waals surface area contributed by atoms with Crippen molar-refractivity contribution >= 4 is 5.78 Å². The van der Waals surface area contributed by atoms with Crippen LogP contribution in [0.4, 0.5) is 0 Å². The van der Waals surface area contributed by atoms with Gasteiger partial charge in [0, 0.05) is 49.3 Å². The van der Waals surface area contributed by atoms with Crippen molar-refractivity contribution in [2.75, 3.05) is 13.1 Å². The number of aromatic nitrogens is 3. The van der Waals surface area contributed by atoms with Crippen LogP contribution in [-0.2, 0) is 6.54 Å². The maximum absolute atomic E-state index is 4.67. The Balaban J connectivity index is 1.82. The van der Waals surface area contributed by atoms with Crippen LogP contribution in [0.3, 0.4) is 0 Å². The summed E-state index contributed by atoms with van der Waals surface area (Å²) in [5.41, 5.74) is 3.32. The molecule has 2 unspecified atom stereocenters. The Morgan fingerprint density at radius 2 is 1.90 bits per heavy atom. The first-order valence-electron chi connectivity index (χ1n) is 7.32. The first-order valence-corrected chi connectivity index (χ1v) is 7.32. The Labute approximate surface area is 120 Å². The summed E-state index contributed by atoms with van der Waals surface area (Å²) in [7, 11) is 0. The van der Waals surface area contributed by atoms with Crippen LogP contribution in [0.5, 0.6) is 0 Å². The van der Waals surface area contributed by atoms with Gasteiger partial charge in [-0.05, 0) is 33.8 Å². The van der Waals surface area contributed by atoms with Crippen molar-refractivity contribution in [3.8, 4) is 0 Å². The number of aryl methyl sites for hydroxylation is 2. The van der Waals surface area contributed by atoms with Gasteiger partial charge in [-0.15, -0.1) is 0 Å². The van der Waals surface area contributed by atoms with Crippen LogP contribution in [0.2, 0.25) is 0 Å². The minimum Gasteiger partial charge on any atom is -0.309 e. The highest BCUT2D eigenvalue weighted by molar-refractivity contribution is 5.34. The van der Waals surface area contributed by atoms with Gasteiger partial charge in [0.1, 0.15) is 0 Å². The second-order valence-corrected chi connectivity index (χ2v) is 6.10. The summed E-state index contributed by atoms with van der Waals surface area (Å²) in [5, 5.41) is 3.56. The van der Waals surface area contributed by atoms with E-state index >= 15 is 0 Å². The third-order valence-electron chi connectivity index (χ3n) is 3.83. The average molecular weight is 273 g/mol. The number of piperazine rings is 1. The lowest BCUT2D eigenvalue weighted by Crippen LogP contribution is -2.53. The van der Waals surface area contributed by atoms with E-state index in [0.717, 1.165) is 36.8 Å². The van der Waals surface area contributed by atoms with E-state index in [-0.39, 0.29) is 0 Å². The number of hydrogen-bond donors (Lipinski definition) is 1. The van der Waals surface area contributed by atoms with Gasteiger partial charge in [-0.2, -0.15) is 0 Å². The van der Waals surface area contributed by atoms with Crippen molar-refractivity contribution < 1.29 is 0 Å². The molecule has 3 rings (SSSR count). The van der Waals surface area contributed by atoms with Crippen LogP contribution in [0.15, 0.2) is 12.3 Å². The second-order valence-electron chi connectivity index (χ2n) is 6.10. The topological polar surface area (TPSA) is 45.5 Å². The molecule has 0 bridgehead atoms. The highest BCUT2D eigenvalue weighted by atomic mass is 15.2. The summed E-state index contributed by atoms with van der Waals surface area (Å²) in [6.45, 7) is 11.6. The van der Waals surface area contributed by atoms with Gasteiger partial charge in [0.25, 0.3) is 0 Å². The van der Waals surface area contributed by atoms with E-state index in [0.29, 0.717) is 12.1 Å². The first kappa shape index (κ1) is 13.5. The van der Waals surface area contributed by atoms with E-state index in [1.54, 1.807) is 0 Å². The Morgan fingerprint density at radius 1 is 1.20 bits per heavy atom. The zero-order chi connectivity index (χ0) is 14.3. The molecule has 2 atom stereocenters. The Morgan fingerprint density at radius 3 is 2.60 bits per heavy atom. The SMILES string of the molecule is Cc1cc(C)n2cc(CN3CC(C)NC(C)C3)nc2n1. The summed E-state index contributed by atoms with van der Waals surface area (Å²) in [6.07, 6.45) is 2.12. The van der Waals surface area contributed by atoms with Crippen LogP contribution < -0.4 is 5.32 Å². The molecule has 108 valence electrons. The number of fused-ring (bicyclic) bond motifs is 1. The zero-order valence-corrected chi connectivity index (χ0v) is 12.7. The largest absolute Gasteiger partial charge is 0.309 e. The number of rotatable bonds is 2. The molecule has 2 aromatic rings. The van der Waals surface area contributed by atoms with Crippen LogP contribution in [0.1, 0.15) is 30.9 Å². The van der Waals surface area contributed by atoms with Gasteiger partial charge < -0.3 is 5.32 Å². The molecule has 3 heterocycles. The predicted octanol–water partition coefficient (Wildman–Crippen LogP) is 1.53. The smallest absolute Gasteiger partial charge is 0.234 e. The quantitative estimate of drug-likeness (QED) is 0.901. The minimum absolute atomic E-state index is 0.540. The third kappa shape index (κ3) is 2.69. The van der Waals surface area contributed by atoms with Gasteiger partial charge in [-0.3, -0.25) is 9.30 Å². The van der Waals surface area contributed by atoms with Gasteiger partial charge in [0.2, 0.25) is 5.78 Å². The summed E-state index contributed by atoms with van der Waals surface area (Å²) in [5.74, 6) is 0.814. The van der Waals surface area contributed by atoms with Crippen molar-refractivity contribution in [3.05, 3.63) is 29.3 Å². The fourth-order valence-corrected chi connectivity index (χ4v) is 3.19. The lowest BCUT2D eigenvalue weighted by molar-refractivity contribution is 0.165. The highest BCUT2D eigenvalue weighted by Crippen LogP contribution is 2.12. The molecule has 1 aliphatic heterocycles. The van der Waals surface area contributed by atoms with Crippen molar-refractivity contribution in [1.29, 1.82) is 0 Å². The molecule has 2 aromatic heterocycles. The molecule has 0 spiro atoms. The fourth-order valence-electron chi connectivity index (χ4n) is 3.19. The van der Waals surface area contributed by atoms with Gasteiger partial charge in [-0.1, -0.05) is 0 Å². The number of nitrogens with zero attached hydrogens (tertiary/aromatic N) is 4. The maximum atomic E-state index is 4.67. The molecule has 0 amide bonds. The lowest BCUT2D eigenvalue weighted by atomic mass is 10.1. The zero-order valence-electron chi connectivity index (χ0n) is 12.7. The molecular weight excluding hydrogens is 250 g/mol. The lowest BCUT2D eigenvalue weighted by Gasteiger charge is -2.35. The van der Waals surface area contributed by atoms with E-state index in [9.17, 15) is 0 Å². The Bertz CT molecular complexity index is 608. The van der Waals surface area contributed by atoms with Crippen molar-refractivity contribution in [2.24, 2.45) is 0 Å². The molecule has 20 heavy (non-hydrogen) atoms. The van der Waals surface area contributed by atoms with E-state index < -0.39 is 0 Å². The summed E-state index contributed by atoms with van der Waals surface area (Å²) in [4.78, 5) is 11.6. The summed E-state index contributed by atoms with van der Waals surface area (Å²) < 4.78 is 2.08. The summed E-state index contributed by atoms with van der Waals surface area (Å²) >= 11 is 0. The highest BCUT2D eigenvalue weighted by Gasteiger charge is 2.21. The molecule has 1 fully saturated rings. The predicted molar refractivity (Wildman–Crippen MR) is 79.8 cm³/mol. The first-order chi connectivity index (χ1) is 9.51. The maximum Gasteiger partial charge on any atom is 0.234 e. The standard InChI is InChI=1S/C15H23N5/c1-10-5-13(4)20-9-14(18-15(20)17-10)8-19-6-11(2)16-12(3)7-19/h5,9,11-12,16H,6-8H2,1-4H3. The molecule has 1 saturated heterocycles. The summed E-state index contributed by atoms with van der Waals surface area (Å²) in [6, 6.07) is 3.17. The van der Waals surface area contributed by atoms with Crippen molar-refractivity contribution in [3.63, 3.8) is 0 Å². The number of nitrogens with one attached hydrogen (secondary N) is 1. The number of imidazole rings is 1. The molecule has 0 radical (unpaired) electrons. The fraction of sp³-hybridized carbons (Fsp3) is 0.600. The molecule has 0 aliphatic carbocycles. The van der Waals surface area contributed by atoms with Gasteiger partial charge in [0.15, 0.2) is 0 Å². The molecule has 5 heteroatoms. The van der Waals surface area contributed by atoms with Crippen LogP contribution >= 0.6 is 0 Å². The Hall–Kier alpha value is -1.46. The molecule has 5 nitrogen and oxygen atoms in total. The van der Waals surface area contributed by atoms with Crippen LogP contribution in [0.25, 0.3) is 5.78 Å². The van der Waals surface area contributed by atoms with Crippen molar-refractivity contribution in [2.45, 2.75) is 46.3 Å². The van der Waals surface area contributed by atoms with Gasteiger partial charge in [-0.25, -0.2) is 9.97 Å².